The molecule has 0 aliphatic carbocycles. The van der Waals surface area contributed by atoms with Crippen LogP contribution in [-0.2, 0) is 4.79 Å². The molecular weight excluding hydrogens is 371 g/mol. The number of amides is 1. The first-order chi connectivity index (χ1) is 12.1. The second-order valence-electron chi connectivity index (χ2n) is 6.34. The summed E-state index contributed by atoms with van der Waals surface area (Å²) in [5, 5.41) is 11.0. The number of rotatable bonds is 2. The van der Waals surface area contributed by atoms with Crippen molar-refractivity contribution >= 4 is 34.1 Å². The van der Waals surface area contributed by atoms with Gasteiger partial charge in [0, 0.05) is 48.5 Å². The van der Waals surface area contributed by atoms with Crippen molar-refractivity contribution in [3.05, 3.63) is 35.5 Å². The van der Waals surface area contributed by atoms with Crippen molar-refractivity contribution in [2.45, 2.75) is 18.7 Å². The Balaban J connectivity index is 1.76. The molecule has 140 valence electrons. The maximum absolute atomic E-state index is 12.9. The van der Waals surface area contributed by atoms with Crippen molar-refractivity contribution in [2.75, 3.05) is 31.1 Å². The summed E-state index contributed by atoms with van der Waals surface area (Å²) in [4.78, 5) is 19.4. The lowest BCUT2D eigenvalue weighted by Crippen LogP contribution is -2.60. The van der Waals surface area contributed by atoms with E-state index in [1.165, 1.54) is 0 Å². The second-order valence-corrected chi connectivity index (χ2v) is 6.78. The maximum Gasteiger partial charge on any atom is 0.426 e. The minimum atomic E-state index is -5.01. The summed E-state index contributed by atoms with van der Waals surface area (Å²) in [5.41, 5.74) is -1.79. The molecule has 1 unspecified atom stereocenters. The van der Waals surface area contributed by atoms with Crippen LogP contribution in [0, 0.1) is 0 Å². The van der Waals surface area contributed by atoms with E-state index < -0.39 is 17.7 Å². The van der Waals surface area contributed by atoms with E-state index in [9.17, 15) is 23.1 Å². The van der Waals surface area contributed by atoms with E-state index in [4.69, 9.17) is 11.6 Å². The van der Waals surface area contributed by atoms with Gasteiger partial charge in [0.25, 0.3) is 5.91 Å². The maximum atomic E-state index is 12.9. The monoisotopic (exact) mass is 387 g/mol. The van der Waals surface area contributed by atoms with Crippen molar-refractivity contribution in [3.63, 3.8) is 0 Å². The molecule has 0 spiro atoms. The summed E-state index contributed by atoms with van der Waals surface area (Å²) in [7, 11) is 0. The van der Waals surface area contributed by atoms with Crippen LogP contribution in [0.25, 0.3) is 10.9 Å². The highest BCUT2D eigenvalue weighted by atomic mass is 35.5. The Labute approximate surface area is 153 Å². The van der Waals surface area contributed by atoms with E-state index in [2.05, 4.69) is 4.98 Å². The molecular formula is C17H17ClF3N3O2. The van der Waals surface area contributed by atoms with Crippen molar-refractivity contribution in [3.8, 4) is 0 Å². The number of nitrogens with zero attached hydrogens (tertiary/aromatic N) is 3. The van der Waals surface area contributed by atoms with Gasteiger partial charge in [-0.2, -0.15) is 13.2 Å². The Morgan fingerprint density at radius 1 is 1.19 bits per heavy atom. The molecule has 0 radical (unpaired) electrons. The molecule has 5 nitrogen and oxygen atoms in total. The van der Waals surface area contributed by atoms with Crippen molar-refractivity contribution in [1.82, 2.24) is 9.88 Å². The molecule has 26 heavy (non-hydrogen) atoms. The first kappa shape index (κ1) is 18.7. The molecule has 0 saturated carbocycles. The van der Waals surface area contributed by atoms with Crippen LogP contribution >= 0.6 is 11.6 Å². The number of aliphatic hydroxyl groups is 1. The van der Waals surface area contributed by atoms with Crippen LogP contribution in [-0.4, -0.2) is 58.9 Å². The van der Waals surface area contributed by atoms with Gasteiger partial charge in [-0.1, -0.05) is 11.6 Å². The van der Waals surface area contributed by atoms with Gasteiger partial charge in [-0.3, -0.25) is 9.78 Å². The predicted octanol–water partition coefficient (Wildman–Crippen LogP) is 2.85. The molecule has 0 bridgehead atoms. The zero-order valence-electron chi connectivity index (χ0n) is 13.9. The predicted molar refractivity (Wildman–Crippen MR) is 92.2 cm³/mol. The molecule has 1 aromatic carbocycles. The summed E-state index contributed by atoms with van der Waals surface area (Å²) in [6.45, 7) is 1.36. The van der Waals surface area contributed by atoms with Gasteiger partial charge in [-0.15, -0.1) is 0 Å². The fraction of sp³-hybridized carbons (Fsp3) is 0.412. The number of piperazine rings is 1. The first-order valence-electron chi connectivity index (χ1n) is 7.99. The average molecular weight is 388 g/mol. The molecule has 1 amide bonds. The third-order valence-electron chi connectivity index (χ3n) is 4.56. The summed E-state index contributed by atoms with van der Waals surface area (Å²) in [5.74, 6) is -1.32. The first-order valence-corrected chi connectivity index (χ1v) is 8.37. The van der Waals surface area contributed by atoms with Crippen LogP contribution in [0.15, 0.2) is 30.5 Å². The van der Waals surface area contributed by atoms with E-state index in [1.54, 1.807) is 18.3 Å². The van der Waals surface area contributed by atoms with Crippen molar-refractivity contribution < 1.29 is 23.1 Å². The molecule has 1 aromatic heterocycles. The summed E-state index contributed by atoms with van der Waals surface area (Å²) < 4.78 is 38.6. The number of benzene rings is 1. The summed E-state index contributed by atoms with van der Waals surface area (Å²) >= 11 is 5.98. The number of fused-ring (bicyclic) bond motifs is 1. The number of halogens is 4. The molecule has 1 aliphatic heterocycles. The number of carbonyl (C=O) groups is 1. The standard InChI is InChI=1S/C17H17ClF3N3O2/c1-16(26,17(19,20)21)15(25)24-8-6-23(7-9-24)14-4-5-22-13-10-11(18)2-3-12(13)14/h2-5,10,26H,6-9H2,1H3. The van der Waals surface area contributed by atoms with Crippen LogP contribution < -0.4 is 4.90 Å². The summed E-state index contributed by atoms with van der Waals surface area (Å²) in [6.07, 6.45) is -3.37. The minimum absolute atomic E-state index is 0.0858. The second kappa shape index (κ2) is 6.59. The van der Waals surface area contributed by atoms with E-state index >= 15 is 0 Å². The number of pyridine rings is 1. The van der Waals surface area contributed by atoms with Crippen LogP contribution in [0.5, 0.6) is 0 Å². The highest BCUT2D eigenvalue weighted by molar-refractivity contribution is 6.31. The third-order valence-corrected chi connectivity index (χ3v) is 4.79. The Kier molecular flexibility index (Phi) is 4.74. The van der Waals surface area contributed by atoms with Gasteiger partial charge < -0.3 is 14.9 Å². The molecule has 2 heterocycles. The Hall–Kier alpha value is -2.06. The van der Waals surface area contributed by atoms with Crippen LogP contribution in [0.3, 0.4) is 0 Å². The molecule has 1 saturated heterocycles. The van der Waals surface area contributed by atoms with Gasteiger partial charge in [0.15, 0.2) is 0 Å². The third kappa shape index (κ3) is 3.31. The minimum Gasteiger partial charge on any atom is -0.373 e. The number of hydrogen-bond donors (Lipinski definition) is 1. The molecule has 1 atom stereocenters. The normalized spacial score (nSPS) is 18.1. The van der Waals surface area contributed by atoms with E-state index in [0.29, 0.717) is 30.6 Å². The van der Waals surface area contributed by atoms with E-state index in [1.807, 2.05) is 17.0 Å². The number of aromatic nitrogens is 1. The SMILES string of the molecule is CC(O)(C(=O)N1CCN(c2ccnc3cc(Cl)ccc23)CC1)C(F)(F)F. The van der Waals surface area contributed by atoms with Crippen molar-refractivity contribution in [1.29, 1.82) is 0 Å². The van der Waals surface area contributed by atoms with E-state index in [-0.39, 0.29) is 13.1 Å². The molecule has 9 heteroatoms. The molecule has 1 aliphatic rings. The highest BCUT2D eigenvalue weighted by Gasteiger charge is 2.57. The number of hydrogen-bond acceptors (Lipinski definition) is 4. The van der Waals surface area contributed by atoms with Crippen LogP contribution in [0.1, 0.15) is 6.92 Å². The lowest BCUT2D eigenvalue weighted by atomic mass is 10.0. The highest BCUT2D eigenvalue weighted by Crippen LogP contribution is 2.33. The van der Waals surface area contributed by atoms with Gasteiger partial charge in [0.2, 0.25) is 5.60 Å². The van der Waals surface area contributed by atoms with Crippen LogP contribution in [0.4, 0.5) is 18.9 Å². The zero-order valence-corrected chi connectivity index (χ0v) is 14.7. The average Bonchev–Trinajstić information content (AvgIpc) is 2.59. The van der Waals surface area contributed by atoms with Gasteiger partial charge in [0.1, 0.15) is 0 Å². The smallest absolute Gasteiger partial charge is 0.373 e. The van der Waals surface area contributed by atoms with Gasteiger partial charge in [-0.05, 0) is 31.2 Å². The largest absolute Gasteiger partial charge is 0.426 e. The molecule has 1 N–H and O–H groups in total. The number of anilines is 1. The van der Waals surface area contributed by atoms with Gasteiger partial charge in [-0.25, -0.2) is 0 Å². The Bertz CT molecular complexity index is 834. The Morgan fingerprint density at radius 3 is 2.46 bits per heavy atom. The molecule has 1 fully saturated rings. The topological polar surface area (TPSA) is 56.7 Å². The number of carbonyl (C=O) groups excluding carboxylic acids is 1. The lowest BCUT2D eigenvalue weighted by molar-refractivity contribution is -0.250. The Morgan fingerprint density at radius 2 is 1.85 bits per heavy atom. The van der Waals surface area contributed by atoms with Gasteiger partial charge >= 0.3 is 6.18 Å². The lowest BCUT2D eigenvalue weighted by Gasteiger charge is -2.39. The molecule has 2 aromatic rings. The van der Waals surface area contributed by atoms with Crippen LogP contribution in [0.2, 0.25) is 5.02 Å². The zero-order chi connectivity index (χ0) is 19.1. The quantitative estimate of drug-likeness (QED) is 0.861. The van der Waals surface area contributed by atoms with E-state index in [0.717, 1.165) is 16.0 Å². The molecule has 3 rings (SSSR count). The fourth-order valence-electron chi connectivity index (χ4n) is 2.96. The number of alkyl halides is 3. The van der Waals surface area contributed by atoms with Crippen molar-refractivity contribution in [2.24, 2.45) is 0 Å². The fourth-order valence-corrected chi connectivity index (χ4v) is 3.13. The summed E-state index contributed by atoms with van der Waals surface area (Å²) in [6, 6.07) is 7.14. The van der Waals surface area contributed by atoms with Gasteiger partial charge in [0.05, 0.1) is 5.52 Å².